The van der Waals surface area contributed by atoms with Crippen LogP contribution in [0.25, 0.3) is 4.96 Å². The van der Waals surface area contributed by atoms with Gasteiger partial charge >= 0.3 is 6.03 Å². The Kier molecular flexibility index (Phi) is 3.56. The molecule has 2 amide bonds. The predicted octanol–water partition coefficient (Wildman–Crippen LogP) is -0.230. The van der Waals surface area contributed by atoms with E-state index in [0.29, 0.717) is 39.3 Å². The minimum Gasteiger partial charge on any atom is -0.378 e. The van der Waals surface area contributed by atoms with Crippen molar-refractivity contribution in [2.45, 2.75) is 6.42 Å². The lowest BCUT2D eigenvalue weighted by molar-refractivity contribution is 0.0533. The molecule has 0 radical (unpaired) electrons. The van der Waals surface area contributed by atoms with Gasteiger partial charge in [-0.15, -0.1) is 10.2 Å². The highest BCUT2D eigenvalue weighted by atomic mass is 32.1. The second-order valence-corrected chi connectivity index (χ2v) is 5.18. The van der Waals surface area contributed by atoms with Crippen LogP contribution in [0.1, 0.15) is 5.01 Å². The minimum absolute atomic E-state index is 0.0358. The van der Waals surface area contributed by atoms with E-state index < -0.39 is 0 Å². The molecular formula is C10H14N6O2S. The number of urea groups is 1. The van der Waals surface area contributed by atoms with Gasteiger partial charge < -0.3 is 15.0 Å². The Hall–Kier alpha value is -1.74. The fraction of sp³-hybridized carbons (Fsp3) is 0.600. The summed E-state index contributed by atoms with van der Waals surface area (Å²) in [5.74, 6) is 0. The zero-order chi connectivity index (χ0) is 13.1. The summed E-state index contributed by atoms with van der Waals surface area (Å²) in [6.07, 6.45) is 2.27. The molecule has 8 nitrogen and oxygen atoms in total. The molecular weight excluding hydrogens is 268 g/mol. The summed E-state index contributed by atoms with van der Waals surface area (Å²) >= 11 is 1.48. The maximum Gasteiger partial charge on any atom is 0.317 e. The largest absolute Gasteiger partial charge is 0.378 e. The maximum atomic E-state index is 11.8. The second-order valence-electron chi connectivity index (χ2n) is 4.14. The van der Waals surface area contributed by atoms with E-state index in [1.807, 2.05) is 0 Å². The molecule has 1 saturated heterocycles. The fourth-order valence-corrected chi connectivity index (χ4v) is 2.67. The third kappa shape index (κ3) is 2.82. The number of carbonyl (C=O) groups excluding carboxylic acids is 1. The van der Waals surface area contributed by atoms with E-state index >= 15 is 0 Å². The highest BCUT2D eigenvalue weighted by Gasteiger charge is 2.16. The minimum atomic E-state index is -0.0358. The lowest BCUT2D eigenvalue weighted by Gasteiger charge is -2.26. The number of hydrogen-bond donors (Lipinski definition) is 1. The van der Waals surface area contributed by atoms with Crippen molar-refractivity contribution in [1.82, 2.24) is 30.0 Å². The first-order valence-corrected chi connectivity index (χ1v) is 6.91. The molecule has 0 saturated carbocycles. The van der Waals surface area contributed by atoms with Crippen molar-refractivity contribution in [2.75, 3.05) is 32.8 Å². The summed E-state index contributed by atoms with van der Waals surface area (Å²) < 4.78 is 6.85. The number of amides is 2. The van der Waals surface area contributed by atoms with Crippen LogP contribution in [0.3, 0.4) is 0 Å². The molecule has 1 aliphatic rings. The van der Waals surface area contributed by atoms with E-state index in [1.54, 1.807) is 15.7 Å². The zero-order valence-electron chi connectivity index (χ0n) is 10.3. The zero-order valence-corrected chi connectivity index (χ0v) is 11.1. The molecule has 1 N–H and O–H groups in total. The summed E-state index contributed by atoms with van der Waals surface area (Å²) in [4.78, 5) is 14.4. The standard InChI is InChI=1S/C10H14N6O2S/c17-9(15-3-5-18-6-4-15)11-2-1-8-14-16-7-12-13-10(16)19-8/h7H,1-6H2,(H,11,17). The molecule has 0 aromatic carbocycles. The maximum absolute atomic E-state index is 11.8. The number of carbonyl (C=O) groups is 1. The van der Waals surface area contributed by atoms with Crippen LogP contribution in [-0.2, 0) is 11.2 Å². The van der Waals surface area contributed by atoms with Gasteiger partial charge in [-0.25, -0.2) is 4.79 Å². The first-order chi connectivity index (χ1) is 9.33. The monoisotopic (exact) mass is 282 g/mol. The van der Waals surface area contributed by atoms with Crippen LogP contribution in [0, 0.1) is 0 Å². The SMILES string of the molecule is O=C(NCCc1nn2cnnc2s1)N1CCOCC1. The Morgan fingerprint density at radius 3 is 3.11 bits per heavy atom. The van der Waals surface area contributed by atoms with E-state index in [9.17, 15) is 4.79 Å². The molecule has 0 spiro atoms. The van der Waals surface area contributed by atoms with Gasteiger partial charge in [-0.3, -0.25) is 0 Å². The molecule has 0 atom stereocenters. The van der Waals surface area contributed by atoms with E-state index in [-0.39, 0.29) is 6.03 Å². The first-order valence-electron chi connectivity index (χ1n) is 6.09. The van der Waals surface area contributed by atoms with E-state index in [0.717, 1.165) is 9.97 Å². The van der Waals surface area contributed by atoms with Crippen LogP contribution in [0.15, 0.2) is 6.33 Å². The normalized spacial score (nSPS) is 15.9. The summed E-state index contributed by atoms with van der Waals surface area (Å²) in [6, 6.07) is -0.0358. The Balaban J connectivity index is 1.47. The number of ether oxygens (including phenoxy) is 1. The molecule has 1 fully saturated rings. The second kappa shape index (κ2) is 5.49. The van der Waals surface area contributed by atoms with Gasteiger partial charge in [0, 0.05) is 26.1 Å². The summed E-state index contributed by atoms with van der Waals surface area (Å²) in [5.41, 5.74) is 0. The van der Waals surface area contributed by atoms with Crippen molar-refractivity contribution in [3.05, 3.63) is 11.3 Å². The summed E-state index contributed by atoms with van der Waals surface area (Å²) in [6.45, 7) is 3.11. The number of nitrogens with one attached hydrogen (secondary N) is 1. The lowest BCUT2D eigenvalue weighted by atomic mass is 10.4. The van der Waals surface area contributed by atoms with Crippen LogP contribution in [0.5, 0.6) is 0 Å². The molecule has 1 aliphatic heterocycles. The molecule has 9 heteroatoms. The third-order valence-corrected chi connectivity index (χ3v) is 3.81. The van der Waals surface area contributed by atoms with E-state index in [2.05, 4.69) is 20.6 Å². The first kappa shape index (κ1) is 12.3. The van der Waals surface area contributed by atoms with Gasteiger partial charge in [-0.05, 0) is 0 Å². The molecule has 102 valence electrons. The summed E-state index contributed by atoms with van der Waals surface area (Å²) in [7, 11) is 0. The van der Waals surface area contributed by atoms with Gasteiger partial charge in [-0.1, -0.05) is 11.3 Å². The number of aromatic nitrogens is 4. The Morgan fingerprint density at radius 2 is 2.32 bits per heavy atom. The Morgan fingerprint density at radius 1 is 1.47 bits per heavy atom. The lowest BCUT2D eigenvalue weighted by Crippen LogP contribution is -2.46. The quantitative estimate of drug-likeness (QED) is 0.840. The van der Waals surface area contributed by atoms with E-state index in [1.165, 1.54) is 11.3 Å². The number of morpholine rings is 1. The number of hydrogen-bond acceptors (Lipinski definition) is 6. The van der Waals surface area contributed by atoms with E-state index in [4.69, 9.17) is 4.74 Å². The molecule has 2 aromatic heterocycles. The van der Waals surface area contributed by atoms with Gasteiger partial charge in [0.2, 0.25) is 4.96 Å². The number of fused-ring (bicyclic) bond motifs is 1. The van der Waals surface area contributed by atoms with Crippen LogP contribution in [0.2, 0.25) is 0 Å². The summed E-state index contributed by atoms with van der Waals surface area (Å²) in [5, 5.41) is 15.8. The molecule has 3 rings (SSSR count). The highest BCUT2D eigenvalue weighted by molar-refractivity contribution is 7.16. The topological polar surface area (TPSA) is 84.7 Å². The number of nitrogens with zero attached hydrogens (tertiary/aromatic N) is 5. The van der Waals surface area contributed by atoms with Crippen molar-refractivity contribution < 1.29 is 9.53 Å². The smallest absolute Gasteiger partial charge is 0.317 e. The van der Waals surface area contributed by atoms with Crippen LogP contribution in [0.4, 0.5) is 4.79 Å². The average Bonchev–Trinajstić information content (AvgIpc) is 3.00. The highest BCUT2D eigenvalue weighted by Crippen LogP contribution is 2.11. The van der Waals surface area contributed by atoms with Crippen LogP contribution in [-0.4, -0.2) is 63.6 Å². The van der Waals surface area contributed by atoms with Crippen LogP contribution < -0.4 is 5.32 Å². The van der Waals surface area contributed by atoms with Gasteiger partial charge in [0.1, 0.15) is 11.3 Å². The Labute approximate surface area is 113 Å². The predicted molar refractivity (Wildman–Crippen MR) is 68.2 cm³/mol. The fourth-order valence-electron chi connectivity index (χ4n) is 1.86. The molecule has 2 aromatic rings. The molecule has 19 heavy (non-hydrogen) atoms. The van der Waals surface area contributed by atoms with Gasteiger partial charge in [0.15, 0.2) is 0 Å². The van der Waals surface area contributed by atoms with Crippen molar-refractivity contribution in [1.29, 1.82) is 0 Å². The van der Waals surface area contributed by atoms with Crippen molar-refractivity contribution in [3.63, 3.8) is 0 Å². The number of rotatable bonds is 3. The van der Waals surface area contributed by atoms with Crippen molar-refractivity contribution >= 4 is 22.3 Å². The van der Waals surface area contributed by atoms with Gasteiger partial charge in [0.05, 0.1) is 13.2 Å². The molecule has 0 bridgehead atoms. The van der Waals surface area contributed by atoms with Crippen molar-refractivity contribution in [2.24, 2.45) is 0 Å². The Bertz CT molecular complexity index is 533. The average molecular weight is 282 g/mol. The van der Waals surface area contributed by atoms with Gasteiger partial charge in [-0.2, -0.15) is 9.61 Å². The molecule has 3 heterocycles. The van der Waals surface area contributed by atoms with Crippen molar-refractivity contribution in [3.8, 4) is 0 Å². The van der Waals surface area contributed by atoms with Gasteiger partial charge in [0.25, 0.3) is 0 Å². The third-order valence-electron chi connectivity index (χ3n) is 2.84. The molecule has 0 aliphatic carbocycles. The van der Waals surface area contributed by atoms with Crippen LogP contribution >= 0.6 is 11.3 Å². The molecule has 0 unspecified atom stereocenters.